The molecule has 41 heavy (non-hydrogen) atoms. The monoisotopic (exact) mass is 544 g/mol. The van der Waals surface area contributed by atoms with Crippen LogP contribution in [0.25, 0.3) is 11.4 Å². The zero-order valence-electron chi connectivity index (χ0n) is 23.9. The van der Waals surface area contributed by atoms with Gasteiger partial charge in [0, 0.05) is 18.8 Å². The Kier molecular flexibility index (Phi) is 9.73. The molecule has 0 aliphatic heterocycles. The fourth-order valence-electron chi connectivity index (χ4n) is 5.15. The van der Waals surface area contributed by atoms with Gasteiger partial charge in [0.05, 0.1) is 0 Å². The Morgan fingerprint density at radius 1 is 0.634 bits per heavy atom. The summed E-state index contributed by atoms with van der Waals surface area (Å²) in [5.74, 6) is 0.524. The molecule has 0 bridgehead atoms. The van der Waals surface area contributed by atoms with Crippen LogP contribution in [0.1, 0.15) is 56.2 Å². The third kappa shape index (κ3) is 6.16. The van der Waals surface area contributed by atoms with Crippen LogP contribution in [0.5, 0.6) is 0 Å². The summed E-state index contributed by atoms with van der Waals surface area (Å²) in [5.41, 5.74) is 4.04. The quantitative estimate of drug-likeness (QED) is 0.0907. The highest BCUT2D eigenvalue weighted by Crippen LogP contribution is 2.39. The minimum absolute atomic E-state index is 0.502. The molecule has 0 radical (unpaired) electrons. The lowest BCUT2D eigenvalue weighted by atomic mass is 9.75. The first kappa shape index (κ1) is 28.5. The molecule has 1 heterocycles. The Bertz CT molecular complexity index is 1370. The standard InChI is InChI=1S/C34H37BN4O2/c1-3-5-26-40-35(41-27-6-4-2)32-25-17-16-24-31(32)33-36-38-39(37-33)34(28-18-10-7-11-19-28,29-20-12-8-13-21-29)30-22-14-9-15-23-30/h7-25H,3-6,26-27H2,1-2H3. The normalized spacial score (nSPS) is 11.5. The maximum absolute atomic E-state index is 6.25. The predicted octanol–water partition coefficient (Wildman–Crippen LogP) is 6.51. The highest BCUT2D eigenvalue weighted by atomic mass is 16.6. The number of nitrogens with zero attached hydrogens (tertiary/aromatic N) is 4. The number of hydrogen-bond donors (Lipinski definition) is 0. The lowest BCUT2D eigenvalue weighted by molar-refractivity contribution is 0.202. The molecule has 0 saturated carbocycles. The zero-order valence-corrected chi connectivity index (χ0v) is 23.9. The van der Waals surface area contributed by atoms with Gasteiger partial charge in [-0.05, 0) is 40.2 Å². The van der Waals surface area contributed by atoms with E-state index in [4.69, 9.17) is 19.6 Å². The summed E-state index contributed by atoms with van der Waals surface area (Å²) in [7, 11) is -0.502. The third-order valence-electron chi connectivity index (χ3n) is 7.28. The van der Waals surface area contributed by atoms with Crippen molar-refractivity contribution in [3.63, 3.8) is 0 Å². The van der Waals surface area contributed by atoms with Crippen molar-refractivity contribution in [2.45, 2.75) is 45.1 Å². The van der Waals surface area contributed by atoms with Gasteiger partial charge >= 0.3 is 7.12 Å². The number of aromatic nitrogens is 4. The van der Waals surface area contributed by atoms with Crippen molar-refractivity contribution in [1.29, 1.82) is 0 Å². The molecular formula is C34H37BN4O2. The summed E-state index contributed by atoms with van der Waals surface area (Å²) < 4.78 is 12.5. The fourth-order valence-corrected chi connectivity index (χ4v) is 5.15. The lowest BCUT2D eigenvalue weighted by Crippen LogP contribution is -2.40. The SMILES string of the molecule is CCCCOB(OCCCC)c1ccccc1-c1nnn(C(c2ccccc2)(c2ccccc2)c2ccccc2)n1. The van der Waals surface area contributed by atoms with Gasteiger partial charge in [-0.1, -0.05) is 142 Å². The first-order valence-corrected chi connectivity index (χ1v) is 14.6. The topological polar surface area (TPSA) is 62.1 Å². The molecule has 0 amide bonds. The van der Waals surface area contributed by atoms with Crippen LogP contribution >= 0.6 is 0 Å². The van der Waals surface area contributed by atoms with Gasteiger partial charge in [0.2, 0.25) is 5.82 Å². The van der Waals surface area contributed by atoms with Gasteiger partial charge in [-0.3, -0.25) is 0 Å². The van der Waals surface area contributed by atoms with Crippen LogP contribution in [0, 0.1) is 0 Å². The molecule has 208 valence electrons. The molecular weight excluding hydrogens is 507 g/mol. The lowest BCUT2D eigenvalue weighted by Gasteiger charge is -2.34. The van der Waals surface area contributed by atoms with Crippen molar-refractivity contribution >= 4 is 12.6 Å². The first-order valence-electron chi connectivity index (χ1n) is 14.6. The van der Waals surface area contributed by atoms with Gasteiger partial charge in [0.15, 0.2) is 5.54 Å². The number of tetrazole rings is 1. The van der Waals surface area contributed by atoms with Crippen molar-refractivity contribution in [2.75, 3.05) is 13.2 Å². The molecule has 0 spiro atoms. The second-order valence-corrected chi connectivity index (χ2v) is 10.1. The Morgan fingerprint density at radius 3 is 1.59 bits per heavy atom. The van der Waals surface area contributed by atoms with Crippen LogP contribution in [0.3, 0.4) is 0 Å². The Hall–Kier alpha value is -4.07. The van der Waals surface area contributed by atoms with Gasteiger partial charge in [-0.2, -0.15) is 0 Å². The molecule has 0 saturated heterocycles. The molecule has 4 aromatic carbocycles. The summed E-state index contributed by atoms with van der Waals surface area (Å²) in [4.78, 5) is 1.75. The Morgan fingerprint density at radius 2 is 1.10 bits per heavy atom. The number of rotatable bonds is 14. The average molecular weight is 545 g/mol. The zero-order chi connectivity index (χ0) is 28.3. The van der Waals surface area contributed by atoms with E-state index in [0.29, 0.717) is 19.0 Å². The molecule has 0 fully saturated rings. The first-order chi connectivity index (χ1) is 20.3. The second-order valence-electron chi connectivity index (χ2n) is 10.1. The molecule has 5 aromatic rings. The van der Waals surface area contributed by atoms with E-state index < -0.39 is 12.7 Å². The van der Waals surface area contributed by atoms with Crippen LogP contribution in [0.15, 0.2) is 115 Å². The fraction of sp³-hybridized carbons (Fsp3) is 0.265. The number of unbranched alkanes of at least 4 members (excludes halogenated alkanes) is 2. The van der Waals surface area contributed by atoms with E-state index in [1.54, 1.807) is 4.80 Å². The van der Waals surface area contributed by atoms with Gasteiger partial charge in [0.25, 0.3) is 0 Å². The van der Waals surface area contributed by atoms with Crippen molar-refractivity contribution < 1.29 is 9.31 Å². The molecule has 7 heteroatoms. The molecule has 0 aliphatic carbocycles. The van der Waals surface area contributed by atoms with Gasteiger partial charge in [0.1, 0.15) is 0 Å². The van der Waals surface area contributed by atoms with E-state index in [-0.39, 0.29) is 0 Å². The number of benzene rings is 4. The van der Waals surface area contributed by atoms with Crippen LogP contribution in [0.2, 0.25) is 0 Å². The van der Waals surface area contributed by atoms with Crippen LogP contribution in [0.4, 0.5) is 0 Å². The minimum atomic E-state index is -0.835. The van der Waals surface area contributed by atoms with Gasteiger partial charge in [-0.15, -0.1) is 15.0 Å². The molecule has 6 nitrogen and oxygen atoms in total. The van der Waals surface area contributed by atoms with E-state index >= 15 is 0 Å². The largest absolute Gasteiger partial charge is 0.494 e. The van der Waals surface area contributed by atoms with Crippen molar-refractivity contribution in [3.05, 3.63) is 132 Å². The van der Waals surface area contributed by atoms with Gasteiger partial charge < -0.3 is 9.31 Å². The Balaban J connectivity index is 1.65. The molecule has 5 rings (SSSR count). The molecule has 1 aromatic heterocycles. The van der Waals surface area contributed by atoms with E-state index in [0.717, 1.165) is 53.4 Å². The Labute approximate surface area is 243 Å². The molecule has 0 aliphatic rings. The smallest absolute Gasteiger partial charge is 0.407 e. The van der Waals surface area contributed by atoms with Crippen molar-refractivity contribution in [2.24, 2.45) is 0 Å². The van der Waals surface area contributed by atoms with Crippen molar-refractivity contribution in [1.82, 2.24) is 20.2 Å². The van der Waals surface area contributed by atoms with Crippen LogP contribution in [-0.4, -0.2) is 40.5 Å². The predicted molar refractivity (Wildman–Crippen MR) is 165 cm³/mol. The summed E-state index contributed by atoms with van der Waals surface area (Å²) in [6, 6.07) is 39.2. The second kappa shape index (κ2) is 14.0. The molecule has 0 N–H and O–H groups in total. The van der Waals surface area contributed by atoms with Gasteiger partial charge in [-0.25, -0.2) is 0 Å². The summed E-state index contributed by atoms with van der Waals surface area (Å²) >= 11 is 0. The third-order valence-corrected chi connectivity index (χ3v) is 7.28. The van der Waals surface area contributed by atoms with E-state index in [1.807, 2.05) is 42.5 Å². The molecule has 0 atom stereocenters. The summed E-state index contributed by atoms with van der Waals surface area (Å²) in [6.45, 7) is 5.57. The minimum Gasteiger partial charge on any atom is -0.407 e. The van der Waals surface area contributed by atoms with E-state index in [9.17, 15) is 0 Å². The van der Waals surface area contributed by atoms with E-state index in [1.165, 1.54) is 0 Å². The van der Waals surface area contributed by atoms with E-state index in [2.05, 4.69) is 91.7 Å². The highest BCUT2D eigenvalue weighted by Gasteiger charge is 2.41. The van der Waals surface area contributed by atoms with Crippen LogP contribution in [-0.2, 0) is 14.8 Å². The average Bonchev–Trinajstić information content (AvgIpc) is 3.53. The molecule has 0 unspecified atom stereocenters. The highest BCUT2D eigenvalue weighted by molar-refractivity contribution is 6.63. The maximum atomic E-state index is 6.25. The summed E-state index contributed by atoms with van der Waals surface area (Å²) in [5, 5.41) is 14.5. The van der Waals surface area contributed by atoms with Crippen molar-refractivity contribution in [3.8, 4) is 11.4 Å². The number of hydrogen-bond acceptors (Lipinski definition) is 5. The maximum Gasteiger partial charge on any atom is 0.494 e. The van der Waals surface area contributed by atoms with Crippen LogP contribution < -0.4 is 5.46 Å². The summed E-state index contributed by atoms with van der Waals surface area (Å²) in [6.07, 6.45) is 4.05.